The van der Waals surface area contributed by atoms with Crippen molar-refractivity contribution in [3.63, 3.8) is 0 Å². The largest absolute Gasteiger partial charge is 0.332 e. The fourth-order valence-corrected chi connectivity index (χ4v) is 3.73. The molecule has 1 aliphatic heterocycles. The van der Waals surface area contributed by atoms with E-state index in [0.29, 0.717) is 33.9 Å². The summed E-state index contributed by atoms with van der Waals surface area (Å²) >= 11 is 17.3. The van der Waals surface area contributed by atoms with E-state index in [1.807, 2.05) is 19.1 Å². The lowest BCUT2D eigenvalue weighted by molar-refractivity contribution is -0.130. The number of halogens is 2. The average Bonchev–Trinajstić information content (AvgIpc) is 2.89. The first-order valence-corrected chi connectivity index (χ1v) is 9.97. The molecule has 1 fully saturated rings. The first-order valence-electron chi connectivity index (χ1n) is 8.81. The number of anilines is 1. The van der Waals surface area contributed by atoms with E-state index in [9.17, 15) is 9.59 Å². The molecule has 1 unspecified atom stereocenters. The summed E-state index contributed by atoms with van der Waals surface area (Å²) < 4.78 is 0. The Kier molecular flexibility index (Phi) is 6.54. The van der Waals surface area contributed by atoms with E-state index in [1.54, 1.807) is 41.3 Å². The van der Waals surface area contributed by atoms with Gasteiger partial charge in [0.05, 0.1) is 6.42 Å². The topological polar surface area (TPSA) is 52.7 Å². The predicted octanol–water partition coefficient (Wildman–Crippen LogP) is 4.34. The van der Waals surface area contributed by atoms with Crippen LogP contribution >= 0.6 is 35.4 Å². The Balaban J connectivity index is 1.75. The number of thiocarbonyl (C=S) groups is 1. The van der Waals surface area contributed by atoms with Crippen LogP contribution in [0, 0.1) is 0 Å². The van der Waals surface area contributed by atoms with Gasteiger partial charge in [-0.1, -0.05) is 35.3 Å². The molecule has 8 heteroatoms. The number of carbonyl (C=O) groups is 2. The van der Waals surface area contributed by atoms with Crippen molar-refractivity contribution in [2.24, 2.45) is 0 Å². The van der Waals surface area contributed by atoms with Crippen molar-refractivity contribution < 1.29 is 9.59 Å². The van der Waals surface area contributed by atoms with Gasteiger partial charge in [-0.15, -0.1) is 0 Å². The van der Waals surface area contributed by atoms with Gasteiger partial charge in [0.25, 0.3) is 5.91 Å². The number of carbonyl (C=O) groups excluding carboxylic acids is 2. The molecule has 28 heavy (non-hydrogen) atoms. The Bertz CT molecular complexity index is 887. The summed E-state index contributed by atoms with van der Waals surface area (Å²) in [7, 11) is 0. The molecule has 1 saturated heterocycles. The van der Waals surface area contributed by atoms with Crippen molar-refractivity contribution >= 4 is 58.0 Å². The molecule has 146 valence electrons. The fraction of sp³-hybridized carbons (Fsp3) is 0.250. The first-order chi connectivity index (χ1) is 13.4. The summed E-state index contributed by atoms with van der Waals surface area (Å²) in [5, 5.41) is 4.46. The van der Waals surface area contributed by atoms with E-state index < -0.39 is 6.04 Å². The van der Waals surface area contributed by atoms with Gasteiger partial charge in [-0.25, -0.2) is 0 Å². The lowest BCUT2D eigenvalue weighted by atomic mass is 10.1. The number of likely N-dealkylation sites (N-methyl/N-ethyl adjacent to an activating group) is 1. The molecule has 1 heterocycles. The molecule has 0 aromatic heterocycles. The van der Waals surface area contributed by atoms with Gasteiger partial charge in [-0.2, -0.15) is 0 Å². The number of nitrogens with one attached hydrogen (secondary N) is 1. The lowest BCUT2D eigenvalue weighted by Crippen LogP contribution is -2.37. The molecule has 1 N–H and O–H groups in total. The molecule has 0 spiro atoms. The maximum absolute atomic E-state index is 12.8. The molecule has 0 saturated carbocycles. The monoisotopic (exact) mass is 435 g/mol. The molecular formula is C20H19Cl2N3O2S. The van der Waals surface area contributed by atoms with Crippen molar-refractivity contribution in [2.75, 3.05) is 11.9 Å². The van der Waals surface area contributed by atoms with Crippen molar-refractivity contribution in [2.45, 2.75) is 25.9 Å². The highest BCUT2D eigenvalue weighted by Crippen LogP contribution is 2.24. The van der Waals surface area contributed by atoms with Crippen LogP contribution in [-0.4, -0.2) is 39.3 Å². The number of rotatable bonds is 6. The molecule has 1 atom stereocenters. The summed E-state index contributed by atoms with van der Waals surface area (Å²) in [6.07, 6.45) is 0.00564. The summed E-state index contributed by atoms with van der Waals surface area (Å²) in [6, 6.07) is 13.5. The second-order valence-corrected chi connectivity index (χ2v) is 7.63. The van der Waals surface area contributed by atoms with Gasteiger partial charge in [0.2, 0.25) is 5.91 Å². The van der Waals surface area contributed by atoms with Crippen LogP contribution in [0.4, 0.5) is 5.69 Å². The molecule has 3 rings (SSSR count). The number of hydrogen-bond acceptors (Lipinski definition) is 3. The van der Waals surface area contributed by atoms with E-state index in [1.165, 1.54) is 4.90 Å². The van der Waals surface area contributed by atoms with Crippen molar-refractivity contribution in [1.29, 1.82) is 0 Å². The van der Waals surface area contributed by atoms with Crippen LogP contribution in [0.15, 0.2) is 48.5 Å². The van der Waals surface area contributed by atoms with E-state index in [2.05, 4.69) is 5.32 Å². The third-order valence-corrected chi connectivity index (χ3v) is 5.45. The molecule has 0 aliphatic carbocycles. The third kappa shape index (κ3) is 4.63. The zero-order valence-corrected chi connectivity index (χ0v) is 17.5. The smallest absolute Gasteiger partial charge is 0.252 e. The molecule has 2 amide bonds. The van der Waals surface area contributed by atoms with Gasteiger partial charge in [0, 0.05) is 28.8 Å². The zero-order valence-electron chi connectivity index (χ0n) is 15.2. The Morgan fingerprint density at radius 3 is 2.21 bits per heavy atom. The molecule has 0 bridgehead atoms. The van der Waals surface area contributed by atoms with Crippen LogP contribution in [0.3, 0.4) is 0 Å². The van der Waals surface area contributed by atoms with Crippen LogP contribution in [0.5, 0.6) is 0 Å². The third-order valence-electron chi connectivity index (χ3n) is 4.49. The van der Waals surface area contributed by atoms with E-state index in [0.717, 1.165) is 5.56 Å². The minimum Gasteiger partial charge on any atom is -0.332 e. The Hall–Kier alpha value is -2.15. The van der Waals surface area contributed by atoms with Crippen molar-refractivity contribution in [3.05, 3.63) is 64.1 Å². The van der Waals surface area contributed by atoms with Crippen LogP contribution < -0.4 is 5.32 Å². The predicted molar refractivity (Wildman–Crippen MR) is 115 cm³/mol. The number of benzene rings is 2. The van der Waals surface area contributed by atoms with Crippen LogP contribution in [-0.2, 0) is 16.1 Å². The van der Waals surface area contributed by atoms with Gasteiger partial charge in [0.1, 0.15) is 6.04 Å². The molecule has 1 aliphatic rings. The normalized spacial score (nSPS) is 16.6. The molecule has 2 aromatic carbocycles. The first kappa shape index (κ1) is 20.6. The summed E-state index contributed by atoms with van der Waals surface area (Å²) in [6.45, 7) is 2.75. The highest BCUT2D eigenvalue weighted by Gasteiger charge is 2.42. The highest BCUT2D eigenvalue weighted by molar-refractivity contribution is 7.80. The van der Waals surface area contributed by atoms with Crippen LogP contribution in [0.2, 0.25) is 10.0 Å². The quantitative estimate of drug-likeness (QED) is 0.685. The standard InChI is InChI=1S/C20H19Cl2N3O2S/c1-2-24-19(27)17(11-18(26)23-16-9-7-15(22)8-10-16)25(20(24)28)12-13-3-5-14(21)6-4-13/h3-10,17H,2,11-12H2,1H3,(H,23,26). The SMILES string of the molecule is CCN1C(=O)C(CC(=O)Nc2ccc(Cl)cc2)N(Cc2ccc(Cl)cc2)C1=S. The van der Waals surface area contributed by atoms with Crippen LogP contribution in [0.25, 0.3) is 0 Å². The molecule has 2 aromatic rings. The Morgan fingerprint density at radius 1 is 1.07 bits per heavy atom. The highest BCUT2D eigenvalue weighted by atomic mass is 35.5. The van der Waals surface area contributed by atoms with Crippen molar-refractivity contribution in [3.8, 4) is 0 Å². The number of hydrogen-bond donors (Lipinski definition) is 1. The van der Waals surface area contributed by atoms with Gasteiger partial charge < -0.3 is 10.2 Å². The lowest BCUT2D eigenvalue weighted by Gasteiger charge is -2.24. The minimum absolute atomic E-state index is 0.00564. The molecule has 5 nitrogen and oxygen atoms in total. The minimum atomic E-state index is -0.643. The molecular weight excluding hydrogens is 417 g/mol. The van der Waals surface area contributed by atoms with E-state index in [4.69, 9.17) is 35.4 Å². The second-order valence-electron chi connectivity index (χ2n) is 6.39. The Labute approximate surface area is 179 Å². The van der Waals surface area contributed by atoms with Gasteiger partial charge in [-0.05, 0) is 61.1 Å². The van der Waals surface area contributed by atoms with Gasteiger partial charge >= 0.3 is 0 Å². The summed E-state index contributed by atoms with van der Waals surface area (Å²) in [5.74, 6) is -0.421. The summed E-state index contributed by atoms with van der Waals surface area (Å²) in [5.41, 5.74) is 1.58. The van der Waals surface area contributed by atoms with E-state index >= 15 is 0 Å². The van der Waals surface area contributed by atoms with E-state index in [-0.39, 0.29) is 18.2 Å². The van der Waals surface area contributed by atoms with Gasteiger partial charge in [0.15, 0.2) is 5.11 Å². The average molecular weight is 436 g/mol. The Morgan fingerprint density at radius 2 is 1.64 bits per heavy atom. The van der Waals surface area contributed by atoms with Crippen LogP contribution in [0.1, 0.15) is 18.9 Å². The second kappa shape index (κ2) is 8.90. The summed E-state index contributed by atoms with van der Waals surface area (Å²) in [4.78, 5) is 28.7. The maximum atomic E-state index is 12.8. The maximum Gasteiger partial charge on any atom is 0.252 e. The number of amides is 2. The van der Waals surface area contributed by atoms with Gasteiger partial charge in [-0.3, -0.25) is 14.5 Å². The molecule has 0 radical (unpaired) electrons. The number of nitrogens with zero attached hydrogens (tertiary/aromatic N) is 2. The van der Waals surface area contributed by atoms with Crippen molar-refractivity contribution in [1.82, 2.24) is 9.80 Å². The fourth-order valence-electron chi connectivity index (χ4n) is 3.07. The zero-order chi connectivity index (χ0) is 20.3.